The highest BCUT2D eigenvalue weighted by Gasteiger charge is 2.09. The first-order valence-corrected chi connectivity index (χ1v) is 5.10. The Labute approximate surface area is 97.4 Å². The van der Waals surface area contributed by atoms with Crippen LogP contribution in [0.2, 0.25) is 0 Å². The summed E-state index contributed by atoms with van der Waals surface area (Å²) in [6, 6.07) is 6.91. The van der Waals surface area contributed by atoms with Gasteiger partial charge in [0.25, 0.3) is 5.91 Å². The predicted octanol–water partition coefficient (Wildman–Crippen LogP) is 1.92. The van der Waals surface area contributed by atoms with Gasteiger partial charge in [-0.25, -0.2) is 0 Å². The second kappa shape index (κ2) is 5.73. The number of aldehydes is 1. The summed E-state index contributed by atoms with van der Waals surface area (Å²) in [6.45, 7) is 0.302. The third-order valence-corrected chi connectivity index (χ3v) is 2.15. The van der Waals surface area contributed by atoms with Gasteiger partial charge >= 0.3 is 0 Å². The highest BCUT2D eigenvalue weighted by Crippen LogP contribution is 2.05. The average Bonchev–Trinajstić information content (AvgIpc) is 2.26. The maximum Gasteiger partial charge on any atom is 0.253 e. The van der Waals surface area contributed by atoms with E-state index in [1.54, 1.807) is 24.3 Å². The molecule has 1 aromatic carbocycles. The zero-order valence-corrected chi connectivity index (χ0v) is 9.26. The molecule has 0 spiro atoms. The molecule has 1 aromatic rings. The lowest BCUT2D eigenvalue weighted by Gasteiger charge is -2.05. The summed E-state index contributed by atoms with van der Waals surface area (Å²) < 4.78 is 0. The molecule has 0 aromatic heterocycles. The van der Waals surface area contributed by atoms with Gasteiger partial charge in [0.1, 0.15) is 6.29 Å². The zero-order valence-electron chi connectivity index (χ0n) is 7.74. The van der Waals surface area contributed by atoms with Crippen LogP contribution in [0.25, 0.3) is 0 Å². The highest BCUT2D eigenvalue weighted by atomic mass is 35.5. The smallest absolute Gasteiger partial charge is 0.253 e. The number of hydrogen-bond donors (Lipinski definition) is 1. The summed E-state index contributed by atoms with van der Waals surface area (Å²) in [5.41, 5.74) is 1.39. The van der Waals surface area contributed by atoms with Crippen LogP contribution in [0.4, 0.5) is 0 Å². The minimum atomic E-state index is -1.07. The van der Waals surface area contributed by atoms with Gasteiger partial charge in [-0.05, 0) is 11.6 Å². The molecule has 0 saturated carbocycles. The van der Waals surface area contributed by atoms with Crippen LogP contribution in [0.5, 0.6) is 0 Å². The molecule has 1 amide bonds. The first-order valence-electron chi connectivity index (χ1n) is 4.23. The van der Waals surface area contributed by atoms with Crippen molar-refractivity contribution in [2.75, 3.05) is 0 Å². The fraction of sp³-hybridized carbons (Fsp3) is 0.200. The van der Waals surface area contributed by atoms with Crippen molar-refractivity contribution >= 4 is 35.4 Å². The zero-order chi connectivity index (χ0) is 11.3. The molecule has 3 nitrogen and oxygen atoms in total. The van der Waals surface area contributed by atoms with E-state index >= 15 is 0 Å². The van der Waals surface area contributed by atoms with E-state index in [1.807, 2.05) is 0 Å². The van der Waals surface area contributed by atoms with Crippen LogP contribution in [0, 0.1) is 0 Å². The Kier molecular flexibility index (Phi) is 4.59. The number of carbonyl (C=O) groups is 2. The molecule has 0 aliphatic heterocycles. The van der Waals surface area contributed by atoms with Crippen molar-refractivity contribution in [3.63, 3.8) is 0 Å². The number of hydrogen-bond acceptors (Lipinski definition) is 2. The van der Waals surface area contributed by atoms with E-state index < -0.39 is 10.7 Å². The molecular weight excluding hydrogens is 237 g/mol. The molecule has 15 heavy (non-hydrogen) atoms. The fourth-order valence-electron chi connectivity index (χ4n) is 1.04. The quantitative estimate of drug-likeness (QED) is 0.651. The number of benzene rings is 1. The van der Waals surface area contributed by atoms with Crippen molar-refractivity contribution in [2.45, 2.75) is 11.4 Å². The Morgan fingerprint density at radius 1 is 1.47 bits per heavy atom. The monoisotopic (exact) mass is 245 g/mol. The van der Waals surface area contributed by atoms with E-state index in [9.17, 15) is 9.59 Å². The fourth-order valence-corrected chi connectivity index (χ4v) is 1.20. The number of rotatable bonds is 4. The molecule has 0 bridgehead atoms. The Bertz CT molecular complexity index is 366. The molecule has 0 aliphatic carbocycles. The van der Waals surface area contributed by atoms with Crippen molar-refractivity contribution in [1.29, 1.82) is 0 Å². The van der Waals surface area contributed by atoms with Crippen LogP contribution < -0.4 is 5.32 Å². The molecule has 0 saturated heterocycles. The molecule has 1 N–H and O–H groups in total. The first-order chi connectivity index (χ1) is 7.13. The van der Waals surface area contributed by atoms with Gasteiger partial charge in [0.05, 0.1) is 0 Å². The summed E-state index contributed by atoms with van der Waals surface area (Å²) in [4.78, 5) is 20.4. The first kappa shape index (κ1) is 12.0. The summed E-state index contributed by atoms with van der Waals surface area (Å²) >= 11 is 10.7. The Balaban J connectivity index is 2.57. The molecule has 0 fully saturated rings. The number of alkyl halides is 2. The van der Waals surface area contributed by atoms with E-state index in [-0.39, 0.29) is 0 Å². The largest absolute Gasteiger partial charge is 0.350 e. The summed E-state index contributed by atoms with van der Waals surface area (Å²) in [6.07, 6.45) is 0.747. The second-order valence-corrected chi connectivity index (χ2v) is 3.98. The van der Waals surface area contributed by atoms with Crippen LogP contribution in [0.3, 0.4) is 0 Å². The van der Waals surface area contributed by atoms with E-state index in [4.69, 9.17) is 23.2 Å². The summed E-state index contributed by atoms with van der Waals surface area (Å²) in [5.74, 6) is -0.449. The van der Waals surface area contributed by atoms with E-state index in [0.29, 0.717) is 12.1 Å². The normalized spacial score (nSPS) is 10.1. The van der Waals surface area contributed by atoms with Crippen molar-refractivity contribution in [2.24, 2.45) is 0 Å². The third kappa shape index (κ3) is 3.90. The third-order valence-electron chi connectivity index (χ3n) is 1.75. The van der Waals surface area contributed by atoms with Gasteiger partial charge in [-0.2, -0.15) is 0 Å². The van der Waals surface area contributed by atoms with Crippen LogP contribution in [0.1, 0.15) is 15.9 Å². The van der Waals surface area contributed by atoms with Crippen molar-refractivity contribution in [1.82, 2.24) is 5.32 Å². The van der Waals surface area contributed by atoms with E-state index in [0.717, 1.165) is 11.8 Å². The average molecular weight is 246 g/mol. The Morgan fingerprint density at radius 3 is 2.80 bits per heavy atom. The highest BCUT2D eigenvalue weighted by molar-refractivity contribution is 6.53. The molecule has 5 heteroatoms. The van der Waals surface area contributed by atoms with Gasteiger partial charge in [0.15, 0.2) is 4.84 Å². The summed E-state index contributed by atoms with van der Waals surface area (Å²) in [7, 11) is 0. The van der Waals surface area contributed by atoms with E-state index in [2.05, 4.69) is 5.32 Å². The number of amides is 1. The Morgan fingerprint density at radius 2 is 2.20 bits per heavy atom. The molecule has 1 rings (SSSR count). The molecule has 0 unspecified atom stereocenters. The number of halogens is 2. The maximum absolute atomic E-state index is 11.0. The van der Waals surface area contributed by atoms with Crippen LogP contribution >= 0.6 is 23.2 Å². The minimum absolute atomic E-state index is 0.302. The molecule has 0 atom stereocenters. The lowest BCUT2D eigenvalue weighted by molar-refractivity contribution is -0.119. The molecule has 0 radical (unpaired) electrons. The van der Waals surface area contributed by atoms with Crippen LogP contribution in [-0.2, 0) is 11.3 Å². The topological polar surface area (TPSA) is 46.2 Å². The standard InChI is InChI=1S/C10H9Cl2NO2/c11-9(12)10(15)13-5-7-2-1-3-8(4-7)6-14/h1-4,6,9H,5H2,(H,13,15). The van der Waals surface area contributed by atoms with Crippen molar-refractivity contribution in [3.05, 3.63) is 35.4 Å². The predicted molar refractivity (Wildman–Crippen MR) is 59.2 cm³/mol. The molecular formula is C10H9Cl2NO2. The Hall–Kier alpha value is -1.06. The second-order valence-electron chi connectivity index (χ2n) is 2.88. The van der Waals surface area contributed by atoms with Gasteiger partial charge in [0, 0.05) is 12.1 Å². The molecule has 0 aliphatic rings. The number of carbonyl (C=O) groups excluding carboxylic acids is 2. The lowest BCUT2D eigenvalue weighted by Crippen LogP contribution is -2.27. The SMILES string of the molecule is O=Cc1cccc(CNC(=O)C(Cl)Cl)c1. The number of nitrogens with one attached hydrogen (secondary N) is 1. The van der Waals surface area contributed by atoms with Crippen molar-refractivity contribution in [3.8, 4) is 0 Å². The lowest BCUT2D eigenvalue weighted by atomic mass is 10.1. The van der Waals surface area contributed by atoms with Crippen molar-refractivity contribution < 1.29 is 9.59 Å². The minimum Gasteiger partial charge on any atom is -0.350 e. The van der Waals surface area contributed by atoms with Crippen LogP contribution in [0.15, 0.2) is 24.3 Å². The van der Waals surface area contributed by atoms with E-state index in [1.165, 1.54) is 0 Å². The van der Waals surface area contributed by atoms with Gasteiger partial charge in [-0.15, -0.1) is 0 Å². The van der Waals surface area contributed by atoms with Gasteiger partial charge in [-0.3, -0.25) is 9.59 Å². The van der Waals surface area contributed by atoms with Gasteiger partial charge in [-0.1, -0.05) is 41.4 Å². The van der Waals surface area contributed by atoms with Gasteiger partial charge < -0.3 is 5.32 Å². The maximum atomic E-state index is 11.0. The molecule has 80 valence electrons. The summed E-state index contributed by atoms with van der Waals surface area (Å²) in [5, 5.41) is 2.53. The molecule has 0 heterocycles. The van der Waals surface area contributed by atoms with Gasteiger partial charge in [0.2, 0.25) is 0 Å². The van der Waals surface area contributed by atoms with Crippen LogP contribution in [-0.4, -0.2) is 17.0 Å².